The van der Waals surface area contributed by atoms with Gasteiger partial charge in [0.05, 0.1) is 6.04 Å². The van der Waals surface area contributed by atoms with Crippen LogP contribution in [-0.2, 0) is 4.79 Å². The molecule has 0 saturated carbocycles. The zero-order chi connectivity index (χ0) is 13.8. The normalized spacial score (nSPS) is 22.5. The SMILES string of the molecule is CCC(C)(C)NC(=O)C(C)N1CCCC(NC)C1.Cl. The van der Waals surface area contributed by atoms with Crippen LogP contribution in [0.2, 0.25) is 0 Å². The fourth-order valence-corrected chi connectivity index (χ4v) is 2.29. The Morgan fingerprint density at radius 2 is 2.11 bits per heavy atom. The van der Waals surface area contributed by atoms with E-state index in [1.807, 2.05) is 14.0 Å². The maximum Gasteiger partial charge on any atom is 0.237 e. The summed E-state index contributed by atoms with van der Waals surface area (Å²) >= 11 is 0. The molecule has 1 saturated heterocycles. The molecule has 0 aromatic heterocycles. The Kier molecular flexibility index (Phi) is 7.94. The van der Waals surface area contributed by atoms with E-state index in [-0.39, 0.29) is 29.9 Å². The van der Waals surface area contributed by atoms with Gasteiger partial charge in [-0.1, -0.05) is 6.92 Å². The lowest BCUT2D eigenvalue weighted by Crippen LogP contribution is -2.55. The molecule has 0 aromatic carbocycles. The number of halogens is 1. The molecule has 1 amide bonds. The molecule has 19 heavy (non-hydrogen) atoms. The second-order valence-corrected chi connectivity index (χ2v) is 6.03. The van der Waals surface area contributed by atoms with Crippen LogP contribution < -0.4 is 10.6 Å². The second kappa shape index (κ2) is 8.08. The minimum atomic E-state index is -0.108. The number of amides is 1. The van der Waals surface area contributed by atoms with E-state index >= 15 is 0 Å². The summed E-state index contributed by atoms with van der Waals surface area (Å²) in [5.74, 6) is 0.151. The highest BCUT2D eigenvalue weighted by Crippen LogP contribution is 2.14. The summed E-state index contributed by atoms with van der Waals surface area (Å²) in [6, 6.07) is 0.486. The average Bonchev–Trinajstić information content (AvgIpc) is 2.37. The highest BCUT2D eigenvalue weighted by atomic mass is 35.5. The second-order valence-electron chi connectivity index (χ2n) is 6.03. The molecule has 1 rings (SSSR count). The number of piperidine rings is 1. The molecule has 4 nitrogen and oxygen atoms in total. The molecular weight excluding hydrogens is 262 g/mol. The van der Waals surface area contributed by atoms with E-state index in [0.29, 0.717) is 6.04 Å². The van der Waals surface area contributed by atoms with Crippen molar-refractivity contribution in [2.45, 2.75) is 64.6 Å². The van der Waals surface area contributed by atoms with Gasteiger partial charge in [0.25, 0.3) is 0 Å². The molecule has 1 aliphatic heterocycles. The highest BCUT2D eigenvalue weighted by Gasteiger charge is 2.29. The summed E-state index contributed by atoms with van der Waals surface area (Å²) < 4.78 is 0. The van der Waals surface area contributed by atoms with E-state index in [1.54, 1.807) is 0 Å². The Labute approximate surface area is 124 Å². The Bertz CT molecular complexity index is 284. The first kappa shape index (κ1) is 18.7. The molecule has 1 aliphatic rings. The first-order valence-corrected chi connectivity index (χ1v) is 7.13. The summed E-state index contributed by atoms with van der Waals surface area (Å²) in [5.41, 5.74) is -0.108. The van der Waals surface area contributed by atoms with Gasteiger partial charge >= 0.3 is 0 Å². The lowest BCUT2D eigenvalue weighted by atomic mass is 10.0. The van der Waals surface area contributed by atoms with Gasteiger partial charge in [0.15, 0.2) is 0 Å². The number of rotatable bonds is 5. The van der Waals surface area contributed by atoms with Gasteiger partial charge in [-0.15, -0.1) is 12.4 Å². The first-order chi connectivity index (χ1) is 8.39. The van der Waals surface area contributed by atoms with E-state index in [2.05, 4.69) is 36.3 Å². The molecule has 0 aliphatic carbocycles. The molecule has 2 atom stereocenters. The van der Waals surface area contributed by atoms with Crippen LogP contribution in [0.1, 0.15) is 47.0 Å². The van der Waals surface area contributed by atoms with Crippen LogP contribution in [0.15, 0.2) is 0 Å². The van der Waals surface area contributed by atoms with Gasteiger partial charge in [-0.3, -0.25) is 9.69 Å². The molecular formula is C14H30ClN3O. The zero-order valence-corrected chi connectivity index (χ0v) is 13.8. The summed E-state index contributed by atoms with van der Waals surface area (Å²) in [5, 5.41) is 6.45. The summed E-state index contributed by atoms with van der Waals surface area (Å²) in [6.45, 7) is 10.3. The number of hydrogen-bond acceptors (Lipinski definition) is 3. The third-order valence-electron chi connectivity index (χ3n) is 4.13. The summed E-state index contributed by atoms with van der Waals surface area (Å²) in [7, 11) is 2.00. The van der Waals surface area contributed by atoms with Crippen molar-refractivity contribution in [3.63, 3.8) is 0 Å². The predicted octanol–water partition coefficient (Wildman–Crippen LogP) is 1.79. The largest absolute Gasteiger partial charge is 0.350 e. The summed E-state index contributed by atoms with van der Waals surface area (Å²) in [6.07, 6.45) is 3.33. The topological polar surface area (TPSA) is 44.4 Å². The van der Waals surface area contributed by atoms with Gasteiger partial charge in [-0.25, -0.2) is 0 Å². The molecule has 2 unspecified atom stereocenters. The van der Waals surface area contributed by atoms with Crippen molar-refractivity contribution < 1.29 is 4.79 Å². The van der Waals surface area contributed by atoms with Crippen molar-refractivity contribution >= 4 is 18.3 Å². The van der Waals surface area contributed by atoms with Gasteiger partial charge < -0.3 is 10.6 Å². The number of hydrogen-bond donors (Lipinski definition) is 2. The van der Waals surface area contributed by atoms with E-state index in [9.17, 15) is 4.79 Å². The Balaban J connectivity index is 0.00000324. The van der Waals surface area contributed by atoms with Gasteiger partial charge in [0.2, 0.25) is 5.91 Å². The number of likely N-dealkylation sites (N-methyl/N-ethyl adjacent to an activating group) is 1. The van der Waals surface area contributed by atoms with E-state index in [4.69, 9.17) is 0 Å². The van der Waals surface area contributed by atoms with Crippen molar-refractivity contribution in [3.05, 3.63) is 0 Å². The van der Waals surface area contributed by atoms with Crippen LogP contribution in [-0.4, -0.2) is 48.6 Å². The molecule has 0 spiro atoms. The monoisotopic (exact) mass is 291 g/mol. The Hall–Kier alpha value is -0.320. The number of nitrogens with zero attached hydrogens (tertiary/aromatic N) is 1. The molecule has 2 N–H and O–H groups in total. The van der Waals surface area contributed by atoms with Gasteiger partial charge in [0, 0.05) is 18.1 Å². The molecule has 0 radical (unpaired) electrons. The number of nitrogens with one attached hydrogen (secondary N) is 2. The van der Waals surface area contributed by atoms with Crippen molar-refractivity contribution in [3.8, 4) is 0 Å². The zero-order valence-electron chi connectivity index (χ0n) is 13.0. The molecule has 1 heterocycles. The van der Waals surface area contributed by atoms with Crippen LogP contribution in [0, 0.1) is 0 Å². The molecule has 0 aromatic rings. The average molecular weight is 292 g/mol. The molecule has 5 heteroatoms. The Morgan fingerprint density at radius 1 is 1.47 bits per heavy atom. The maximum atomic E-state index is 12.2. The minimum absolute atomic E-state index is 0. The number of carbonyl (C=O) groups is 1. The predicted molar refractivity (Wildman–Crippen MR) is 82.9 cm³/mol. The third kappa shape index (κ3) is 5.67. The first-order valence-electron chi connectivity index (χ1n) is 7.13. The van der Waals surface area contributed by atoms with Crippen molar-refractivity contribution in [2.75, 3.05) is 20.1 Å². The lowest BCUT2D eigenvalue weighted by molar-refractivity contribution is -0.128. The summed E-state index contributed by atoms with van der Waals surface area (Å²) in [4.78, 5) is 14.5. The number of likely N-dealkylation sites (tertiary alicyclic amines) is 1. The van der Waals surface area contributed by atoms with Crippen LogP contribution in [0.25, 0.3) is 0 Å². The highest BCUT2D eigenvalue weighted by molar-refractivity contribution is 5.85. The number of carbonyl (C=O) groups excluding carboxylic acids is 1. The maximum absolute atomic E-state index is 12.2. The fraction of sp³-hybridized carbons (Fsp3) is 0.929. The standard InChI is InChI=1S/C14H29N3O.ClH/c1-6-14(3,4)16-13(18)11(2)17-9-7-8-12(10-17)15-5;/h11-12,15H,6-10H2,1-5H3,(H,16,18);1H. The van der Waals surface area contributed by atoms with E-state index < -0.39 is 0 Å². The van der Waals surface area contributed by atoms with E-state index in [1.165, 1.54) is 12.8 Å². The van der Waals surface area contributed by atoms with E-state index in [0.717, 1.165) is 19.5 Å². The quantitative estimate of drug-likeness (QED) is 0.812. The molecule has 0 bridgehead atoms. The van der Waals surface area contributed by atoms with Gasteiger partial charge in [-0.05, 0) is 53.6 Å². The molecule has 1 fully saturated rings. The molecule has 114 valence electrons. The minimum Gasteiger partial charge on any atom is -0.350 e. The van der Waals surface area contributed by atoms with Crippen molar-refractivity contribution in [2.24, 2.45) is 0 Å². The van der Waals surface area contributed by atoms with Crippen molar-refractivity contribution in [1.29, 1.82) is 0 Å². The fourth-order valence-electron chi connectivity index (χ4n) is 2.29. The van der Waals surface area contributed by atoms with Crippen LogP contribution in [0.5, 0.6) is 0 Å². The van der Waals surface area contributed by atoms with Crippen LogP contribution >= 0.6 is 12.4 Å². The van der Waals surface area contributed by atoms with Crippen molar-refractivity contribution in [1.82, 2.24) is 15.5 Å². The third-order valence-corrected chi connectivity index (χ3v) is 4.13. The Morgan fingerprint density at radius 3 is 2.63 bits per heavy atom. The van der Waals surface area contributed by atoms with Gasteiger partial charge in [-0.2, -0.15) is 0 Å². The smallest absolute Gasteiger partial charge is 0.237 e. The van der Waals surface area contributed by atoms with Crippen LogP contribution in [0.4, 0.5) is 0 Å². The van der Waals surface area contributed by atoms with Crippen LogP contribution in [0.3, 0.4) is 0 Å². The van der Waals surface area contributed by atoms with Gasteiger partial charge in [0.1, 0.15) is 0 Å². The lowest BCUT2D eigenvalue weighted by Gasteiger charge is -2.37.